The largest absolute Gasteiger partial charge is 0.507 e. The van der Waals surface area contributed by atoms with Crippen molar-refractivity contribution >= 4 is 37.6 Å². The summed E-state index contributed by atoms with van der Waals surface area (Å²) in [5.74, 6) is -1.23. The summed E-state index contributed by atoms with van der Waals surface area (Å²) in [5, 5.41) is 9.31. The molecule has 0 saturated heterocycles. The first kappa shape index (κ1) is 10.7. The van der Waals surface area contributed by atoms with E-state index in [1.165, 1.54) is 6.07 Å². The second-order valence-corrected chi connectivity index (χ2v) is 3.76. The number of phenols is 1. The summed E-state index contributed by atoms with van der Waals surface area (Å²) in [6, 6.07) is 2.16. The number of benzene rings is 1. The molecule has 13 heavy (non-hydrogen) atoms. The highest BCUT2D eigenvalue weighted by Crippen LogP contribution is 2.25. The molecule has 0 atom stereocenters. The van der Waals surface area contributed by atoms with Crippen LogP contribution in [0.4, 0.5) is 4.39 Å². The number of carbonyl (C=O) groups excluding carboxylic acids is 1. The maximum absolute atomic E-state index is 12.8. The van der Waals surface area contributed by atoms with Gasteiger partial charge >= 0.3 is 0 Å². The average Bonchev–Trinajstić information content (AvgIpc) is 2.10. The van der Waals surface area contributed by atoms with Crippen molar-refractivity contribution in [2.45, 2.75) is 0 Å². The predicted molar refractivity (Wildman–Crippen MR) is 53.9 cm³/mol. The smallest absolute Gasteiger partial charge is 0.177 e. The molecule has 0 aliphatic heterocycles. The molecule has 1 aromatic rings. The van der Waals surface area contributed by atoms with Gasteiger partial charge in [0, 0.05) is 6.07 Å². The van der Waals surface area contributed by atoms with Gasteiger partial charge < -0.3 is 5.11 Å². The summed E-state index contributed by atoms with van der Waals surface area (Å²) < 4.78 is 13.0. The van der Waals surface area contributed by atoms with Gasteiger partial charge in [0.2, 0.25) is 0 Å². The topological polar surface area (TPSA) is 37.3 Å². The Morgan fingerprint density at radius 1 is 1.54 bits per heavy atom. The zero-order chi connectivity index (χ0) is 10.0. The van der Waals surface area contributed by atoms with Gasteiger partial charge in [-0.1, -0.05) is 15.9 Å². The standard InChI is InChI=1S/C8H5Br2FO2/c9-3-8(13)4-1-5(10)6(11)2-7(4)12/h1-2,12H,3H2. The molecule has 0 spiro atoms. The maximum atomic E-state index is 12.8. The third-order valence-corrected chi connectivity index (χ3v) is 2.58. The number of carbonyl (C=O) groups is 1. The molecule has 0 unspecified atom stereocenters. The number of halogens is 3. The van der Waals surface area contributed by atoms with E-state index < -0.39 is 5.82 Å². The van der Waals surface area contributed by atoms with Crippen LogP contribution in [0.1, 0.15) is 10.4 Å². The van der Waals surface area contributed by atoms with Crippen molar-refractivity contribution in [1.82, 2.24) is 0 Å². The Morgan fingerprint density at radius 2 is 2.15 bits per heavy atom. The molecular formula is C8H5Br2FO2. The van der Waals surface area contributed by atoms with Crippen LogP contribution in [-0.2, 0) is 0 Å². The van der Waals surface area contributed by atoms with E-state index in [-0.39, 0.29) is 26.9 Å². The molecule has 70 valence electrons. The molecule has 1 N–H and O–H groups in total. The molecule has 0 fully saturated rings. The Morgan fingerprint density at radius 3 is 2.69 bits per heavy atom. The molecule has 0 aliphatic rings. The lowest BCUT2D eigenvalue weighted by Gasteiger charge is -2.02. The van der Waals surface area contributed by atoms with Crippen LogP contribution in [0.5, 0.6) is 5.75 Å². The van der Waals surface area contributed by atoms with Gasteiger partial charge in [-0.25, -0.2) is 4.39 Å². The third-order valence-electron chi connectivity index (χ3n) is 1.46. The normalized spacial score (nSPS) is 10.1. The fourth-order valence-corrected chi connectivity index (χ4v) is 1.48. The minimum atomic E-state index is -0.594. The number of alkyl halides is 1. The van der Waals surface area contributed by atoms with E-state index in [2.05, 4.69) is 31.9 Å². The van der Waals surface area contributed by atoms with Crippen molar-refractivity contribution in [3.63, 3.8) is 0 Å². The molecule has 0 aromatic heterocycles. The second kappa shape index (κ2) is 4.19. The van der Waals surface area contributed by atoms with Crippen LogP contribution in [0.2, 0.25) is 0 Å². The number of hydrogen-bond donors (Lipinski definition) is 1. The minimum Gasteiger partial charge on any atom is -0.507 e. The molecule has 0 bridgehead atoms. The highest BCUT2D eigenvalue weighted by molar-refractivity contribution is 9.10. The molecular weight excluding hydrogens is 307 g/mol. The zero-order valence-corrected chi connectivity index (χ0v) is 9.52. The van der Waals surface area contributed by atoms with Gasteiger partial charge in [-0.15, -0.1) is 0 Å². The van der Waals surface area contributed by atoms with Crippen LogP contribution < -0.4 is 0 Å². The van der Waals surface area contributed by atoms with E-state index in [1.54, 1.807) is 0 Å². The summed E-state index contributed by atoms with van der Waals surface area (Å²) >= 11 is 5.88. The van der Waals surface area contributed by atoms with E-state index in [0.717, 1.165) is 6.07 Å². The first-order valence-electron chi connectivity index (χ1n) is 3.33. The second-order valence-electron chi connectivity index (χ2n) is 2.34. The highest BCUT2D eigenvalue weighted by Gasteiger charge is 2.12. The molecule has 0 amide bonds. The van der Waals surface area contributed by atoms with Gasteiger partial charge in [-0.3, -0.25) is 4.79 Å². The Balaban J connectivity index is 3.23. The van der Waals surface area contributed by atoms with Gasteiger partial charge in [-0.2, -0.15) is 0 Å². The van der Waals surface area contributed by atoms with Crippen molar-refractivity contribution in [3.8, 4) is 5.75 Å². The van der Waals surface area contributed by atoms with Crippen molar-refractivity contribution in [2.75, 3.05) is 5.33 Å². The number of hydrogen-bond acceptors (Lipinski definition) is 2. The molecule has 0 radical (unpaired) electrons. The Labute approximate surface area is 91.0 Å². The molecule has 0 saturated carbocycles. The average molecular weight is 312 g/mol. The van der Waals surface area contributed by atoms with Gasteiger partial charge in [0.05, 0.1) is 15.4 Å². The lowest BCUT2D eigenvalue weighted by atomic mass is 10.1. The van der Waals surface area contributed by atoms with Gasteiger partial charge in [0.1, 0.15) is 11.6 Å². The van der Waals surface area contributed by atoms with Crippen molar-refractivity contribution in [1.29, 1.82) is 0 Å². The van der Waals surface area contributed by atoms with Crippen LogP contribution in [0.25, 0.3) is 0 Å². The lowest BCUT2D eigenvalue weighted by molar-refractivity contribution is 0.102. The van der Waals surface area contributed by atoms with Crippen LogP contribution in [0, 0.1) is 5.82 Å². The SMILES string of the molecule is O=C(CBr)c1cc(Br)c(F)cc1O. The summed E-state index contributed by atoms with van der Waals surface area (Å²) in [6.07, 6.45) is 0. The number of aromatic hydroxyl groups is 1. The number of ketones is 1. The summed E-state index contributed by atoms with van der Waals surface area (Å²) in [7, 11) is 0. The first-order valence-corrected chi connectivity index (χ1v) is 5.25. The monoisotopic (exact) mass is 310 g/mol. The van der Waals surface area contributed by atoms with Crippen LogP contribution in [0.15, 0.2) is 16.6 Å². The highest BCUT2D eigenvalue weighted by atomic mass is 79.9. The Bertz CT molecular complexity index is 352. The zero-order valence-electron chi connectivity index (χ0n) is 6.35. The first-order chi connectivity index (χ1) is 6.06. The molecule has 5 heteroatoms. The van der Waals surface area contributed by atoms with E-state index in [4.69, 9.17) is 0 Å². The maximum Gasteiger partial charge on any atom is 0.177 e. The summed E-state index contributed by atoms with van der Waals surface area (Å²) in [6.45, 7) is 0. The van der Waals surface area contributed by atoms with Crippen molar-refractivity contribution in [2.24, 2.45) is 0 Å². The summed E-state index contributed by atoms with van der Waals surface area (Å²) in [5.41, 5.74) is 0.102. The number of Topliss-reactive ketones (excluding diaryl/α,β-unsaturated/α-hetero) is 1. The molecule has 1 aromatic carbocycles. The van der Waals surface area contributed by atoms with E-state index in [0.29, 0.717) is 0 Å². The fourth-order valence-electron chi connectivity index (χ4n) is 0.832. The van der Waals surface area contributed by atoms with Crippen LogP contribution >= 0.6 is 31.9 Å². The quantitative estimate of drug-likeness (QED) is 0.673. The Kier molecular flexibility index (Phi) is 3.44. The van der Waals surface area contributed by atoms with E-state index >= 15 is 0 Å². The third kappa shape index (κ3) is 2.28. The number of phenolic OH excluding ortho intramolecular Hbond substituents is 1. The van der Waals surface area contributed by atoms with E-state index in [9.17, 15) is 14.3 Å². The van der Waals surface area contributed by atoms with E-state index in [1.807, 2.05) is 0 Å². The van der Waals surface area contributed by atoms with Crippen molar-refractivity contribution < 1.29 is 14.3 Å². The minimum absolute atomic E-state index is 0.0959. The molecule has 0 aliphatic carbocycles. The van der Waals surface area contributed by atoms with Gasteiger partial charge in [-0.05, 0) is 22.0 Å². The molecule has 1 rings (SSSR count). The van der Waals surface area contributed by atoms with Gasteiger partial charge in [0.25, 0.3) is 0 Å². The molecule has 0 heterocycles. The predicted octanol–water partition coefficient (Wildman–Crippen LogP) is 2.87. The van der Waals surface area contributed by atoms with Crippen LogP contribution in [0.3, 0.4) is 0 Å². The fraction of sp³-hybridized carbons (Fsp3) is 0.125. The number of rotatable bonds is 2. The van der Waals surface area contributed by atoms with Crippen molar-refractivity contribution in [3.05, 3.63) is 28.0 Å². The molecule has 2 nitrogen and oxygen atoms in total. The summed E-state index contributed by atoms with van der Waals surface area (Å²) in [4.78, 5) is 11.1. The van der Waals surface area contributed by atoms with Gasteiger partial charge in [0.15, 0.2) is 5.78 Å². The van der Waals surface area contributed by atoms with Crippen LogP contribution in [-0.4, -0.2) is 16.2 Å². The lowest BCUT2D eigenvalue weighted by Crippen LogP contribution is -2.00. The Hall–Kier alpha value is -0.420.